The van der Waals surface area contributed by atoms with Gasteiger partial charge in [0.1, 0.15) is 0 Å². The SMILES string of the molecule is CCCNC(c1ccc(Br)c(Cl)c1)c1cnnn1CCC. The molecule has 0 saturated heterocycles. The van der Waals surface area contributed by atoms with Gasteiger partial charge in [0.25, 0.3) is 0 Å². The molecule has 1 unspecified atom stereocenters. The highest BCUT2D eigenvalue weighted by Gasteiger charge is 2.19. The zero-order valence-electron chi connectivity index (χ0n) is 12.3. The molecule has 2 rings (SSSR count). The minimum atomic E-state index is 0.0529. The highest BCUT2D eigenvalue weighted by molar-refractivity contribution is 9.10. The molecular weight excluding hydrogens is 352 g/mol. The van der Waals surface area contributed by atoms with Gasteiger partial charge in [0, 0.05) is 11.0 Å². The van der Waals surface area contributed by atoms with Crippen molar-refractivity contribution in [2.24, 2.45) is 0 Å². The molecular formula is C15H20BrClN4. The third kappa shape index (κ3) is 4.05. The molecule has 114 valence electrons. The molecule has 2 aromatic rings. The number of benzene rings is 1. The van der Waals surface area contributed by atoms with Crippen molar-refractivity contribution in [3.8, 4) is 0 Å². The summed E-state index contributed by atoms with van der Waals surface area (Å²) in [6.07, 6.45) is 3.92. The standard InChI is InChI=1S/C15H20BrClN4/c1-3-7-18-15(11-5-6-12(16)13(17)9-11)14-10-19-20-21(14)8-4-2/h5-6,9-10,15,18H,3-4,7-8H2,1-2H3. The molecule has 0 radical (unpaired) electrons. The maximum atomic E-state index is 6.24. The Morgan fingerprint density at radius 2 is 2.14 bits per heavy atom. The molecule has 0 aliphatic rings. The van der Waals surface area contributed by atoms with Gasteiger partial charge in [-0.2, -0.15) is 0 Å². The molecule has 4 nitrogen and oxygen atoms in total. The minimum absolute atomic E-state index is 0.0529. The Bertz CT molecular complexity index is 585. The minimum Gasteiger partial charge on any atom is -0.305 e. The van der Waals surface area contributed by atoms with E-state index in [1.807, 2.05) is 23.0 Å². The van der Waals surface area contributed by atoms with Gasteiger partial charge in [-0.15, -0.1) is 5.10 Å². The largest absolute Gasteiger partial charge is 0.305 e. The number of hydrogen-bond acceptors (Lipinski definition) is 3. The second-order valence-electron chi connectivity index (χ2n) is 4.94. The van der Waals surface area contributed by atoms with E-state index in [0.717, 1.165) is 41.7 Å². The van der Waals surface area contributed by atoms with Crippen LogP contribution in [0, 0.1) is 0 Å². The lowest BCUT2D eigenvalue weighted by molar-refractivity contribution is 0.504. The Balaban J connectivity index is 2.37. The van der Waals surface area contributed by atoms with Crippen LogP contribution in [-0.2, 0) is 6.54 Å². The molecule has 0 aliphatic carbocycles. The van der Waals surface area contributed by atoms with Gasteiger partial charge in [0.15, 0.2) is 0 Å². The van der Waals surface area contributed by atoms with Gasteiger partial charge in [0.2, 0.25) is 0 Å². The first-order valence-electron chi connectivity index (χ1n) is 7.24. The zero-order valence-corrected chi connectivity index (χ0v) is 14.7. The Morgan fingerprint density at radius 3 is 2.81 bits per heavy atom. The van der Waals surface area contributed by atoms with Crippen LogP contribution in [0.3, 0.4) is 0 Å². The second kappa shape index (κ2) is 7.92. The normalized spacial score (nSPS) is 12.6. The summed E-state index contributed by atoms with van der Waals surface area (Å²) >= 11 is 9.68. The van der Waals surface area contributed by atoms with Crippen LogP contribution < -0.4 is 5.32 Å². The van der Waals surface area contributed by atoms with Gasteiger partial charge in [-0.05, 0) is 53.0 Å². The van der Waals surface area contributed by atoms with Crippen LogP contribution in [0.2, 0.25) is 5.02 Å². The highest BCUT2D eigenvalue weighted by Crippen LogP contribution is 2.29. The molecule has 21 heavy (non-hydrogen) atoms. The summed E-state index contributed by atoms with van der Waals surface area (Å²) in [5.41, 5.74) is 2.19. The van der Waals surface area contributed by atoms with Crippen molar-refractivity contribution in [3.05, 3.63) is 45.1 Å². The van der Waals surface area contributed by atoms with E-state index in [-0.39, 0.29) is 6.04 Å². The van der Waals surface area contributed by atoms with Gasteiger partial charge in [-0.3, -0.25) is 0 Å². The predicted molar refractivity (Wildman–Crippen MR) is 89.6 cm³/mol. The number of halogens is 2. The lowest BCUT2D eigenvalue weighted by Crippen LogP contribution is -2.26. The fraction of sp³-hybridized carbons (Fsp3) is 0.467. The van der Waals surface area contributed by atoms with Crippen molar-refractivity contribution >= 4 is 27.5 Å². The van der Waals surface area contributed by atoms with E-state index in [9.17, 15) is 0 Å². The number of nitrogens with zero attached hydrogens (tertiary/aromatic N) is 3. The van der Waals surface area contributed by atoms with Crippen LogP contribution in [0.5, 0.6) is 0 Å². The first kappa shape index (κ1) is 16.5. The number of aromatic nitrogens is 3. The van der Waals surface area contributed by atoms with Crippen molar-refractivity contribution in [1.82, 2.24) is 20.3 Å². The van der Waals surface area contributed by atoms with Crippen molar-refractivity contribution in [3.63, 3.8) is 0 Å². The van der Waals surface area contributed by atoms with E-state index in [4.69, 9.17) is 11.6 Å². The topological polar surface area (TPSA) is 42.7 Å². The second-order valence-corrected chi connectivity index (χ2v) is 6.20. The Hall–Kier alpha value is -0.910. The number of hydrogen-bond donors (Lipinski definition) is 1. The third-order valence-corrected chi connectivity index (χ3v) is 4.49. The van der Waals surface area contributed by atoms with Crippen molar-refractivity contribution in [2.75, 3.05) is 6.54 Å². The first-order chi connectivity index (χ1) is 10.2. The molecule has 0 saturated carbocycles. The molecule has 1 aromatic heterocycles. The van der Waals surface area contributed by atoms with E-state index >= 15 is 0 Å². The molecule has 1 atom stereocenters. The van der Waals surface area contributed by atoms with E-state index < -0.39 is 0 Å². The average Bonchev–Trinajstić information content (AvgIpc) is 2.92. The number of nitrogens with one attached hydrogen (secondary N) is 1. The molecule has 6 heteroatoms. The average molecular weight is 372 g/mol. The molecule has 1 N–H and O–H groups in total. The van der Waals surface area contributed by atoms with E-state index in [2.05, 4.69) is 51.5 Å². The van der Waals surface area contributed by atoms with E-state index in [1.165, 1.54) is 0 Å². The zero-order chi connectivity index (χ0) is 15.2. The fourth-order valence-electron chi connectivity index (χ4n) is 2.25. The summed E-state index contributed by atoms with van der Waals surface area (Å²) in [6.45, 7) is 6.08. The van der Waals surface area contributed by atoms with Crippen LogP contribution in [0.25, 0.3) is 0 Å². The Kier molecular flexibility index (Phi) is 6.21. The maximum absolute atomic E-state index is 6.24. The number of aryl methyl sites for hydroxylation is 1. The maximum Gasteiger partial charge on any atom is 0.0802 e. The highest BCUT2D eigenvalue weighted by atomic mass is 79.9. The fourth-order valence-corrected chi connectivity index (χ4v) is 2.68. The summed E-state index contributed by atoms with van der Waals surface area (Å²) < 4.78 is 2.87. The van der Waals surface area contributed by atoms with Gasteiger partial charge < -0.3 is 5.32 Å². The molecule has 1 heterocycles. The van der Waals surface area contributed by atoms with Crippen LogP contribution in [0.15, 0.2) is 28.9 Å². The van der Waals surface area contributed by atoms with E-state index in [1.54, 1.807) is 0 Å². The van der Waals surface area contributed by atoms with Crippen LogP contribution >= 0.6 is 27.5 Å². The van der Waals surface area contributed by atoms with E-state index in [0.29, 0.717) is 5.02 Å². The predicted octanol–water partition coefficient (Wildman–Crippen LogP) is 4.19. The summed E-state index contributed by atoms with van der Waals surface area (Å²) in [5.74, 6) is 0. The van der Waals surface area contributed by atoms with Gasteiger partial charge in [-0.25, -0.2) is 4.68 Å². The van der Waals surface area contributed by atoms with Crippen LogP contribution in [0.1, 0.15) is 44.0 Å². The third-order valence-electron chi connectivity index (χ3n) is 3.25. The smallest absolute Gasteiger partial charge is 0.0802 e. The summed E-state index contributed by atoms with van der Waals surface area (Å²) in [4.78, 5) is 0. The van der Waals surface area contributed by atoms with Crippen LogP contribution in [-0.4, -0.2) is 21.5 Å². The molecule has 0 aliphatic heterocycles. The summed E-state index contributed by atoms with van der Waals surface area (Å²) in [5, 5.41) is 12.5. The van der Waals surface area contributed by atoms with Crippen molar-refractivity contribution < 1.29 is 0 Å². The first-order valence-corrected chi connectivity index (χ1v) is 8.41. The monoisotopic (exact) mass is 370 g/mol. The lowest BCUT2D eigenvalue weighted by Gasteiger charge is -2.20. The summed E-state index contributed by atoms with van der Waals surface area (Å²) in [7, 11) is 0. The van der Waals surface area contributed by atoms with Gasteiger partial charge >= 0.3 is 0 Å². The number of rotatable bonds is 7. The lowest BCUT2D eigenvalue weighted by atomic mass is 10.0. The van der Waals surface area contributed by atoms with Crippen LogP contribution in [0.4, 0.5) is 0 Å². The molecule has 0 bridgehead atoms. The molecule has 0 amide bonds. The van der Waals surface area contributed by atoms with Gasteiger partial charge in [0.05, 0.1) is 23.0 Å². The van der Waals surface area contributed by atoms with Gasteiger partial charge in [-0.1, -0.05) is 36.7 Å². The Labute approximate surface area is 139 Å². The van der Waals surface area contributed by atoms with Crippen molar-refractivity contribution in [1.29, 1.82) is 0 Å². The quantitative estimate of drug-likeness (QED) is 0.793. The Morgan fingerprint density at radius 1 is 1.33 bits per heavy atom. The molecule has 0 spiro atoms. The molecule has 1 aromatic carbocycles. The molecule has 0 fully saturated rings. The van der Waals surface area contributed by atoms with Crippen molar-refractivity contribution in [2.45, 2.75) is 39.3 Å². The summed E-state index contributed by atoms with van der Waals surface area (Å²) in [6, 6.07) is 6.10.